The zero-order valence-electron chi connectivity index (χ0n) is 14.0. The molecule has 0 saturated carbocycles. The molecule has 2 aromatic carbocycles. The normalized spacial score (nSPS) is 17.6. The third kappa shape index (κ3) is 3.24. The third-order valence-corrected chi connectivity index (χ3v) is 5.16. The molecule has 0 radical (unpaired) electrons. The number of nitrogens with one attached hydrogen (secondary N) is 1. The van der Waals surface area contributed by atoms with Crippen molar-refractivity contribution in [3.63, 3.8) is 0 Å². The van der Waals surface area contributed by atoms with Gasteiger partial charge in [0.1, 0.15) is 5.82 Å². The first-order valence-corrected chi connectivity index (χ1v) is 8.87. The summed E-state index contributed by atoms with van der Waals surface area (Å²) in [5.41, 5.74) is 4.92. The lowest BCUT2D eigenvalue weighted by Crippen LogP contribution is -2.47. The number of hydrogen-bond acceptors (Lipinski definition) is 3. The van der Waals surface area contributed by atoms with Crippen LogP contribution in [0.2, 0.25) is 0 Å². The number of nitrogens with zero attached hydrogens (tertiary/aromatic N) is 2. The van der Waals surface area contributed by atoms with Gasteiger partial charge in [0.2, 0.25) is 0 Å². The topological polar surface area (TPSA) is 18.5 Å². The van der Waals surface area contributed by atoms with E-state index in [9.17, 15) is 4.39 Å². The highest BCUT2D eigenvalue weighted by Crippen LogP contribution is 2.24. The highest BCUT2D eigenvalue weighted by Gasteiger charge is 2.19. The minimum Gasteiger partial charge on any atom is -0.384 e. The predicted octanol–water partition coefficient (Wildman–Crippen LogP) is 3.16. The number of hydrogen-bond donors (Lipinski definition) is 1. The lowest BCUT2D eigenvalue weighted by Gasteiger charge is -2.36. The SMILES string of the molecule is Fc1ccccc1N1CCN(CCc2ccc3c(c2)CCN3)CC1. The fourth-order valence-electron chi connectivity index (χ4n) is 3.72. The minimum atomic E-state index is -0.113. The van der Waals surface area contributed by atoms with E-state index in [1.807, 2.05) is 12.1 Å². The summed E-state index contributed by atoms with van der Waals surface area (Å²) in [5.74, 6) is -0.113. The second kappa shape index (κ2) is 6.81. The zero-order chi connectivity index (χ0) is 16.4. The molecular weight excluding hydrogens is 301 g/mol. The number of anilines is 2. The maximum absolute atomic E-state index is 13.9. The van der Waals surface area contributed by atoms with Crippen LogP contribution in [0.1, 0.15) is 11.1 Å². The molecule has 0 aromatic heterocycles. The van der Waals surface area contributed by atoms with Gasteiger partial charge in [-0.2, -0.15) is 0 Å². The van der Waals surface area contributed by atoms with Crippen LogP contribution < -0.4 is 10.2 Å². The predicted molar refractivity (Wildman–Crippen MR) is 97.4 cm³/mol. The van der Waals surface area contributed by atoms with Crippen molar-refractivity contribution in [2.75, 3.05) is 49.5 Å². The van der Waals surface area contributed by atoms with Gasteiger partial charge in [-0.1, -0.05) is 24.3 Å². The van der Waals surface area contributed by atoms with Crippen molar-refractivity contribution in [2.45, 2.75) is 12.8 Å². The molecule has 2 aliphatic heterocycles. The first-order chi connectivity index (χ1) is 11.8. The van der Waals surface area contributed by atoms with Crippen LogP contribution in [0.15, 0.2) is 42.5 Å². The maximum Gasteiger partial charge on any atom is 0.146 e. The molecule has 0 aliphatic carbocycles. The van der Waals surface area contributed by atoms with Crippen LogP contribution >= 0.6 is 0 Å². The molecule has 3 nitrogen and oxygen atoms in total. The molecule has 4 rings (SSSR count). The first-order valence-electron chi connectivity index (χ1n) is 8.87. The van der Waals surface area contributed by atoms with Crippen molar-refractivity contribution in [3.8, 4) is 0 Å². The van der Waals surface area contributed by atoms with Gasteiger partial charge in [-0.25, -0.2) is 4.39 Å². The lowest BCUT2D eigenvalue weighted by molar-refractivity contribution is 0.260. The van der Waals surface area contributed by atoms with Crippen molar-refractivity contribution >= 4 is 11.4 Å². The summed E-state index contributed by atoms with van der Waals surface area (Å²) in [7, 11) is 0. The van der Waals surface area contributed by atoms with Crippen LogP contribution in [0.25, 0.3) is 0 Å². The summed E-state index contributed by atoms with van der Waals surface area (Å²) in [6.45, 7) is 5.94. The Hall–Kier alpha value is -2.07. The summed E-state index contributed by atoms with van der Waals surface area (Å²) >= 11 is 0. The quantitative estimate of drug-likeness (QED) is 0.931. The molecule has 2 aliphatic rings. The van der Waals surface area contributed by atoms with E-state index in [0.29, 0.717) is 0 Å². The van der Waals surface area contributed by atoms with Gasteiger partial charge in [-0.3, -0.25) is 4.90 Å². The van der Waals surface area contributed by atoms with Gasteiger partial charge < -0.3 is 10.2 Å². The fourth-order valence-corrected chi connectivity index (χ4v) is 3.72. The standard InChI is InChI=1S/C20H24FN3/c21-18-3-1-2-4-20(18)24-13-11-23(12-14-24)10-8-16-5-6-19-17(15-16)7-9-22-19/h1-6,15,22H,7-14H2. The molecule has 0 atom stereocenters. The molecule has 1 saturated heterocycles. The molecule has 0 amide bonds. The van der Waals surface area contributed by atoms with Gasteiger partial charge in [0.25, 0.3) is 0 Å². The van der Waals surface area contributed by atoms with E-state index in [1.54, 1.807) is 12.1 Å². The molecule has 0 bridgehead atoms. The van der Waals surface area contributed by atoms with Gasteiger partial charge in [0.15, 0.2) is 0 Å². The van der Waals surface area contributed by atoms with Gasteiger partial charge in [0.05, 0.1) is 5.69 Å². The molecule has 2 aromatic rings. The van der Waals surface area contributed by atoms with E-state index in [4.69, 9.17) is 0 Å². The Morgan fingerprint density at radius 1 is 1.00 bits per heavy atom. The van der Waals surface area contributed by atoms with Crippen molar-refractivity contribution in [3.05, 3.63) is 59.4 Å². The number of fused-ring (bicyclic) bond motifs is 1. The number of piperazine rings is 1. The van der Waals surface area contributed by atoms with Gasteiger partial charge in [0, 0.05) is 45.0 Å². The van der Waals surface area contributed by atoms with Crippen LogP contribution in [0, 0.1) is 5.82 Å². The van der Waals surface area contributed by atoms with Crippen molar-refractivity contribution in [1.29, 1.82) is 0 Å². The summed E-state index contributed by atoms with van der Waals surface area (Å²) in [6.07, 6.45) is 2.23. The molecule has 24 heavy (non-hydrogen) atoms. The molecule has 0 spiro atoms. The van der Waals surface area contributed by atoms with Gasteiger partial charge in [-0.05, 0) is 42.2 Å². The Bertz CT molecular complexity index is 708. The Labute approximate surface area is 143 Å². The van der Waals surface area contributed by atoms with Crippen molar-refractivity contribution in [1.82, 2.24) is 4.90 Å². The second-order valence-electron chi connectivity index (χ2n) is 6.70. The smallest absolute Gasteiger partial charge is 0.146 e. The third-order valence-electron chi connectivity index (χ3n) is 5.16. The number of benzene rings is 2. The number of rotatable bonds is 4. The summed E-state index contributed by atoms with van der Waals surface area (Å²) in [6, 6.07) is 13.9. The second-order valence-corrected chi connectivity index (χ2v) is 6.70. The summed E-state index contributed by atoms with van der Waals surface area (Å²) in [5, 5.41) is 3.41. The van der Waals surface area contributed by atoms with E-state index < -0.39 is 0 Å². The van der Waals surface area contributed by atoms with Crippen LogP contribution in [-0.2, 0) is 12.8 Å². The van der Waals surface area contributed by atoms with E-state index in [2.05, 4.69) is 33.3 Å². The van der Waals surface area contributed by atoms with Gasteiger partial charge >= 0.3 is 0 Å². The van der Waals surface area contributed by atoms with E-state index in [0.717, 1.165) is 57.8 Å². The lowest BCUT2D eigenvalue weighted by atomic mass is 10.1. The monoisotopic (exact) mass is 325 g/mol. The zero-order valence-corrected chi connectivity index (χ0v) is 14.0. The largest absolute Gasteiger partial charge is 0.384 e. The molecule has 2 heterocycles. The average Bonchev–Trinajstić information content (AvgIpc) is 3.09. The van der Waals surface area contributed by atoms with E-state index in [1.165, 1.54) is 16.8 Å². The summed E-state index contributed by atoms with van der Waals surface area (Å²) in [4.78, 5) is 4.65. The van der Waals surface area contributed by atoms with E-state index in [-0.39, 0.29) is 5.82 Å². The minimum absolute atomic E-state index is 0.113. The fraction of sp³-hybridized carbons (Fsp3) is 0.400. The highest BCUT2D eigenvalue weighted by atomic mass is 19.1. The number of halogens is 1. The van der Waals surface area contributed by atoms with Crippen LogP contribution in [0.4, 0.5) is 15.8 Å². The molecule has 4 heteroatoms. The van der Waals surface area contributed by atoms with E-state index >= 15 is 0 Å². The molecule has 1 N–H and O–H groups in total. The molecular formula is C20H24FN3. The molecule has 0 unspecified atom stereocenters. The van der Waals surface area contributed by atoms with Crippen molar-refractivity contribution < 1.29 is 4.39 Å². The molecule has 1 fully saturated rings. The Balaban J connectivity index is 1.30. The highest BCUT2D eigenvalue weighted by molar-refractivity contribution is 5.56. The Kier molecular flexibility index (Phi) is 4.39. The maximum atomic E-state index is 13.9. The van der Waals surface area contributed by atoms with Crippen LogP contribution in [0.3, 0.4) is 0 Å². The van der Waals surface area contributed by atoms with Crippen LogP contribution in [0.5, 0.6) is 0 Å². The van der Waals surface area contributed by atoms with Crippen LogP contribution in [-0.4, -0.2) is 44.2 Å². The average molecular weight is 325 g/mol. The van der Waals surface area contributed by atoms with Crippen molar-refractivity contribution in [2.24, 2.45) is 0 Å². The first kappa shape index (κ1) is 15.5. The Morgan fingerprint density at radius 3 is 2.67 bits per heavy atom. The van der Waals surface area contributed by atoms with Gasteiger partial charge in [-0.15, -0.1) is 0 Å². The Morgan fingerprint density at radius 2 is 1.83 bits per heavy atom. The molecule has 126 valence electrons. The summed E-state index contributed by atoms with van der Waals surface area (Å²) < 4.78 is 13.9. The number of para-hydroxylation sites is 1.